The summed E-state index contributed by atoms with van der Waals surface area (Å²) in [6.45, 7) is 8.62. The van der Waals surface area contributed by atoms with Gasteiger partial charge in [-0.25, -0.2) is 0 Å². The highest BCUT2D eigenvalue weighted by molar-refractivity contribution is 5.27. The Labute approximate surface area is 112 Å². The fourth-order valence-electron chi connectivity index (χ4n) is 2.21. The van der Waals surface area contributed by atoms with Gasteiger partial charge in [0.1, 0.15) is 0 Å². The van der Waals surface area contributed by atoms with Gasteiger partial charge < -0.3 is 24.5 Å². The molecule has 7 heteroatoms. The van der Waals surface area contributed by atoms with Gasteiger partial charge in [-0.1, -0.05) is 12.0 Å². The maximum Gasteiger partial charge on any atom is 0.318 e. The summed E-state index contributed by atoms with van der Waals surface area (Å²) >= 11 is 0. The van der Waals surface area contributed by atoms with E-state index in [2.05, 4.69) is 15.5 Å². The lowest BCUT2D eigenvalue weighted by Crippen LogP contribution is -2.54. The first-order chi connectivity index (χ1) is 9.04. The number of hydrogen-bond acceptors (Lipinski definition) is 7. The zero-order valence-corrected chi connectivity index (χ0v) is 11.7. The average molecular weight is 270 g/mol. The van der Waals surface area contributed by atoms with Gasteiger partial charge in [0.05, 0.1) is 37.9 Å². The summed E-state index contributed by atoms with van der Waals surface area (Å²) in [5.74, 6) is 0.571. The summed E-state index contributed by atoms with van der Waals surface area (Å²) in [6.07, 6.45) is -0.229. The van der Waals surface area contributed by atoms with Gasteiger partial charge in [0.15, 0.2) is 0 Å². The van der Waals surface area contributed by atoms with Gasteiger partial charge in [0.25, 0.3) is 0 Å². The Morgan fingerprint density at radius 3 is 2.95 bits per heavy atom. The Morgan fingerprint density at radius 1 is 1.47 bits per heavy atom. The summed E-state index contributed by atoms with van der Waals surface area (Å²) in [6, 6.07) is 0.489. The monoisotopic (exact) mass is 270 g/mol. The Balaban J connectivity index is 2.05. The lowest BCUT2D eigenvalue weighted by atomic mass is 10.1. The van der Waals surface area contributed by atoms with Crippen molar-refractivity contribution in [1.82, 2.24) is 15.5 Å². The molecule has 0 bridgehead atoms. The van der Waals surface area contributed by atoms with Crippen LogP contribution < -0.4 is 10.2 Å². The number of nitrogens with zero attached hydrogens (tertiary/aromatic N) is 3. The summed E-state index contributed by atoms with van der Waals surface area (Å²) < 4.78 is 11.4. The third kappa shape index (κ3) is 3.65. The number of morpholine rings is 1. The summed E-state index contributed by atoms with van der Waals surface area (Å²) in [5.41, 5.74) is -0.345. The Hall–Kier alpha value is -1.18. The van der Waals surface area contributed by atoms with Crippen molar-refractivity contribution in [2.75, 3.05) is 31.1 Å². The third-order valence-electron chi connectivity index (χ3n) is 2.94. The van der Waals surface area contributed by atoms with E-state index in [9.17, 15) is 5.11 Å². The smallest absolute Gasteiger partial charge is 0.318 e. The maximum absolute atomic E-state index is 9.28. The SMILES string of the molecule is CCNCc1nnc(N2CC(CO)OC(C)(C)C2)o1. The van der Waals surface area contributed by atoms with Gasteiger partial charge in [-0.15, -0.1) is 5.10 Å². The molecule has 0 aliphatic carbocycles. The molecule has 7 nitrogen and oxygen atoms in total. The summed E-state index contributed by atoms with van der Waals surface area (Å²) in [4.78, 5) is 1.97. The molecular formula is C12H22N4O3. The van der Waals surface area contributed by atoms with Gasteiger partial charge in [0.2, 0.25) is 5.89 Å². The molecule has 0 spiro atoms. The van der Waals surface area contributed by atoms with Crippen LogP contribution >= 0.6 is 0 Å². The number of aliphatic hydroxyl groups excluding tert-OH is 1. The van der Waals surface area contributed by atoms with Crippen molar-refractivity contribution >= 4 is 6.01 Å². The van der Waals surface area contributed by atoms with E-state index in [4.69, 9.17) is 9.15 Å². The van der Waals surface area contributed by atoms with E-state index in [1.165, 1.54) is 0 Å². The highest BCUT2D eigenvalue weighted by atomic mass is 16.5. The molecule has 0 aromatic carbocycles. The van der Waals surface area contributed by atoms with Crippen LogP contribution in [0.5, 0.6) is 0 Å². The predicted octanol–water partition coefficient (Wildman–Crippen LogP) is 0.155. The third-order valence-corrected chi connectivity index (χ3v) is 2.94. The molecule has 1 saturated heterocycles. The van der Waals surface area contributed by atoms with Crippen LogP contribution in [0.1, 0.15) is 26.7 Å². The molecule has 2 N–H and O–H groups in total. The second-order valence-corrected chi connectivity index (χ2v) is 5.32. The molecule has 1 atom stereocenters. The van der Waals surface area contributed by atoms with Crippen LogP contribution in [-0.2, 0) is 11.3 Å². The Kier molecular flexibility index (Phi) is 4.38. The van der Waals surface area contributed by atoms with Crippen LogP contribution in [-0.4, -0.2) is 53.3 Å². The minimum absolute atomic E-state index is 0.0156. The minimum Gasteiger partial charge on any atom is -0.407 e. The molecule has 1 aliphatic heterocycles. The number of rotatable bonds is 5. The van der Waals surface area contributed by atoms with Crippen molar-refractivity contribution in [1.29, 1.82) is 0 Å². The van der Waals surface area contributed by atoms with E-state index < -0.39 is 0 Å². The van der Waals surface area contributed by atoms with E-state index in [1.807, 2.05) is 25.7 Å². The Morgan fingerprint density at radius 2 is 2.26 bits per heavy atom. The molecule has 1 unspecified atom stereocenters. The molecule has 1 aromatic heterocycles. The lowest BCUT2D eigenvalue weighted by Gasteiger charge is -2.41. The van der Waals surface area contributed by atoms with Crippen molar-refractivity contribution in [3.8, 4) is 0 Å². The number of aliphatic hydroxyl groups is 1. The lowest BCUT2D eigenvalue weighted by molar-refractivity contribution is -0.102. The second kappa shape index (κ2) is 5.85. The molecule has 19 heavy (non-hydrogen) atoms. The molecular weight excluding hydrogens is 248 g/mol. The average Bonchev–Trinajstić information content (AvgIpc) is 2.83. The van der Waals surface area contributed by atoms with E-state index in [0.29, 0.717) is 31.5 Å². The number of aromatic nitrogens is 2. The molecule has 0 saturated carbocycles. The fourth-order valence-corrected chi connectivity index (χ4v) is 2.21. The highest BCUT2D eigenvalue weighted by Gasteiger charge is 2.35. The predicted molar refractivity (Wildman–Crippen MR) is 69.9 cm³/mol. The standard InChI is InChI=1S/C12H22N4O3/c1-4-13-5-10-14-15-11(18-10)16-6-9(7-17)19-12(2,3)8-16/h9,13,17H,4-8H2,1-3H3. The van der Waals surface area contributed by atoms with Crippen molar-refractivity contribution in [2.45, 2.75) is 39.0 Å². The van der Waals surface area contributed by atoms with Gasteiger partial charge >= 0.3 is 6.01 Å². The topological polar surface area (TPSA) is 83.7 Å². The van der Waals surface area contributed by atoms with Gasteiger partial charge in [0, 0.05) is 0 Å². The quantitative estimate of drug-likeness (QED) is 0.788. The van der Waals surface area contributed by atoms with Gasteiger partial charge in [-0.2, -0.15) is 0 Å². The van der Waals surface area contributed by atoms with Gasteiger partial charge in [-0.3, -0.25) is 0 Å². The van der Waals surface area contributed by atoms with E-state index in [-0.39, 0.29) is 18.3 Å². The van der Waals surface area contributed by atoms with Crippen molar-refractivity contribution in [3.05, 3.63) is 5.89 Å². The first-order valence-corrected chi connectivity index (χ1v) is 6.61. The van der Waals surface area contributed by atoms with E-state index in [1.54, 1.807) is 0 Å². The summed E-state index contributed by atoms with van der Waals surface area (Å²) in [5, 5.41) is 20.5. The molecule has 108 valence electrons. The molecule has 2 rings (SSSR count). The number of hydrogen-bond donors (Lipinski definition) is 2. The molecule has 1 aromatic rings. The number of anilines is 1. The Bertz CT molecular complexity index is 407. The van der Waals surface area contributed by atoms with Crippen molar-refractivity contribution in [3.63, 3.8) is 0 Å². The molecule has 0 amide bonds. The highest BCUT2D eigenvalue weighted by Crippen LogP contribution is 2.25. The number of nitrogens with one attached hydrogen (secondary N) is 1. The van der Waals surface area contributed by atoms with Crippen LogP contribution in [0.4, 0.5) is 6.01 Å². The normalized spacial score (nSPS) is 22.7. The molecule has 1 aliphatic rings. The van der Waals surface area contributed by atoms with Crippen molar-refractivity contribution < 1.29 is 14.3 Å². The largest absolute Gasteiger partial charge is 0.407 e. The first-order valence-electron chi connectivity index (χ1n) is 6.61. The fraction of sp³-hybridized carbons (Fsp3) is 0.833. The van der Waals surface area contributed by atoms with Crippen LogP contribution in [0, 0.1) is 0 Å². The van der Waals surface area contributed by atoms with Crippen LogP contribution in [0.15, 0.2) is 4.42 Å². The van der Waals surface area contributed by atoms with Crippen LogP contribution in [0.3, 0.4) is 0 Å². The maximum atomic E-state index is 9.28. The van der Waals surface area contributed by atoms with Crippen LogP contribution in [0.2, 0.25) is 0 Å². The number of ether oxygens (including phenoxy) is 1. The van der Waals surface area contributed by atoms with E-state index >= 15 is 0 Å². The molecule has 1 fully saturated rings. The zero-order chi connectivity index (χ0) is 13.9. The first kappa shape index (κ1) is 14.2. The summed E-state index contributed by atoms with van der Waals surface area (Å²) in [7, 11) is 0. The van der Waals surface area contributed by atoms with Crippen LogP contribution in [0.25, 0.3) is 0 Å². The zero-order valence-electron chi connectivity index (χ0n) is 11.7. The molecule has 0 radical (unpaired) electrons. The molecule has 2 heterocycles. The van der Waals surface area contributed by atoms with E-state index in [0.717, 1.165) is 6.54 Å². The van der Waals surface area contributed by atoms with Gasteiger partial charge in [-0.05, 0) is 20.4 Å². The van der Waals surface area contributed by atoms with Crippen molar-refractivity contribution in [2.24, 2.45) is 0 Å². The minimum atomic E-state index is -0.345. The second-order valence-electron chi connectivity index (χ2n) is 5.32.